The number of benzene rings is 1. The van der Waals surface area contributed by atoms with E-state index in [1.165, 1.54) is 0 Å². The van der Waals surface area contributed by atoms with Gasteiger partial charge >= 0.3 is 0 Å². The van der Waals surface area contributed by atoms with Crippen LogP contribution in [-0.2, 0) is 0 Å². The van der Waals surface area contributed by atoms with Crippen molar-refractivity contribution in [1.29, 1.82) is 5.41 Å². The molecule has 0 spiro atoms. The first kappa shape index (κ1) is 7.60. The molecule has 0 saturated heterocycles. The summed E-state index contributed by atoms with van der Waals surface area (Å²) >= 11 is 0. The Kier molecular flexibility index (Phi) is 1.63. The molecule has 5 nitrogen and oxygen atoms in total. The van der Waals surface area contributed by atoms with Crippen molar-refractivity contribution in [2.45, 2.75) is 0 Å². The van der Waals surface area contributed by atoms with E-state index >= 15 is 0 Å². The monoisotopic (exact) mass is 174 g/mol. The van der Waals surface area contributed by atoms with Gasteiger partial charge in [-0.2, -0.15) is 5.32 Å². The minimum absolute atomic E-state index is 0.251. The Balaban J connectivity index is 2.44. The lowest BCUT2D eigenvalue weighted by atomic mass is 10.3. The third kappa shape index (κ3) is 1.44. The predicted octanol–water partition coefficient (Wildman–Crippen LogP) is 0.692. The minimum Gasteiger partial charge on any atom is -0.368 e. The van der Waals surface area contributed by atoms with Crippen molar-refractivity contribution >= 4 is 22.9 Å². The van der Waals surface area contributed by atoms with E-state index in [1.54, 1.807) is 0 Å². The molecule has 65 valence electrons. The maximum absolute atomic E-state index is 6.96. The number of nitrogens with one attached hydrogen (secondary N) is 2. The Morgan fingerprint density at radius 1 is 1.46 bits per heavy atom. The van der Waals surface area contributed by atoms with Crippen molar-refractivity contribution in [3.63, 3.8) is 0 Å². The van der Waals surface area contributed by atoms with Gasteiger partial charge in [-0.05, 0) is 12.1 Å². The molecule has 1 aromatic carbocycles. The molecule has 0 fully saturated rings. The number of guanidine groups is 1. The molecular formula is C8H8N5. The quantitative estimate of drug-likeness (QED) is 0.438. The van der Waals surface area contributed by atoms with E-state index in [1.807, 2.05) is 24.3 Å². The molecule has 0 amide bonds. The molecule has 2 aromatic rings. The Labute approximate surface area is 74.5 Å². The average Bonchev–Trinajstić information content (AvgIpc) is 2.44. The van der Waals surface area contributed by atoms with Gasteiger partial charge in [0.1, 0.15) is 0 Å². The summed E-state index contributed by atoms with van der Waals surface area (Å²) in [5.74, 6) is 0.118. The summed E-state index contributed by atoms with van der Waals surface area (Å²) in [5, 5.41) is 10.6. The highest BCUT2D eigenvalue weighted by atomic mass is 15.2. The zero-order chi connectivity index (χ0) is 9.26. The molecule has 5 heteroatoms. The van der Waals surface area contributed by atoms with Gasteiger partial charge in [0.2, 0.25) is 11.9 Å². The molecule has 1 aromatic heterocycles. The summed E-state index contributed by atoms with van der Waals surface area (Å²) in [6, 6.07) is 7.55. The fourth-order valence-electron chi connectivity index (χ4n) is 1.11. The summed E-state index contributed by atoms with van der Waals surface area (Å²) in [6.45, 7) is 0. The van der Waals surface area contributed by atoms with Crippen LogP contribution in [0.3, 0.4) is 0 Å². The number of para-hydroxylation sites is 2. The highest BCUT2D eigenvalue weighted by Gasteiger charge is 2.02. The van der Waals surface area contributed by atoms with E-state index in [9.17, 15) is 0 Å². The first-order valence-electron chi connectivity index (χ1n) is 3.76. The number of imidazole rings is 1. The molecular weight excluding hydrogens is 166 g/mol. The van der Waals surface area contributed by atoms with Gasteiger partial charge < -0.3 is 10.7 Å². The molecule has 1 heterocycles. The molecule has 0 unspecified atom stereocenters. The Morgan fingerprint density at radius 3 is 2.92 bits per heavy atom. The van der Waals surface area contributed by atoms with Gasteiger partial charge in [0, 0.05) is 0 Å². The van der Waals surface area contributed by atoms with E-state index < -0.39 is 0 Å². The fraction of sp³-hybridized carbons (Fsp3) is 0. The summed E-state index contributed by atoms with van der Waals surface area (Å²) < 4.78 is 0. The van der Waals surface area contributed by atoms with Crippen LogP contribution in [0.5, 0.6) is 0 Å². The summed E-state index contributed by atoms with van der Waals surface area (Å²) in [7, 11) is 0. The van der Waals surface area contributed by atoms with Gasteiger partial charge in [0.15, 0.2) is 0 Å². The van der Waals surface area contributed by atoms with Crippen LogP contribution in [0.25, 0.3) is 11.0 Å². The summed E-state index contributed by atoms with van der Waals surface area (Å²) in [4.78, 5) is 7.04. The third-order valence-electron chi connectivity index (χ3n) is 1.60. The third-order valence-corrected chi connectivity index (χ3v) is 1.60. The number of aromatic amines is 1. The van der Waals surface area contributed by atoms with Crippen LogP contribution in [0.15, 0.2) is 24.3 Å². The van der Waals surface area contributed by atoms with Crippen LogP contribution in [0.1, 0.15) is 0 Å². The number of hydrogen-bond donors (Lipinski definition) is 3. The normalized spacial score (nSPS) is 10.2. The van der Waals surface area contributed by atoms with E-state index in [-0.39, 0.29) is 5.96 Å². The van der Waals surface area contributed by atoms with Crippen LogP contribution >= 0.6 is 0 Å². The van der Waals surface area contributed by atoms with Crippen molar-refractivity contribution in [3.8, 4) is 0 Å². The number of rotatable bonds is 1. The number of nitrogens with zero attached hydrogens (tertiary/aromatic N) is 2. The van der Waals surface area contributed by atoms with Gasteiger partial charge in [0.05, 0.1) is 11.0 Å². The Bertz CT molecular complexity index is 411. The molecule has 0 saturated carbocycles. The fourth-order valence-corrected chi connectivity index (χ4v) is 1.11. The van der Waals surface area contributed by atoms with Crippen molar-refractivity contribution < 1.29 is 0 Å². The smallest absolute Gasteiger partial charge is 0.231 e. The Morgan fingerprint density at radius 2 is 2.23 bits per heavy atom. The van der Waals surface area contributed by atoms with E-state index in [0.717, 1.165) is 11.0 Å². The lowest BCUT2D eigenvalue weighted by Crippen LogP contribution is -2.20. The lowest BCUT2D eigenvalue weighted by Gasteiger charge is -1.90. The second kappa shape index (κ2) is 2.78. The van der Waals surface area contributed by atoms with Gasteiger partial charge in [-0.3, -0.25) is 5.41 Å². The van der Waals surface area contributed by atoms with Crippen LogP contribution in [0.4, 0.5) is 5.95 Å². The van der Waals surface area contributed by atoms with Crippen LogP contribution < -0.4 is 11.1 Å². The maximum Gasteiger partial charge on any atom is 0.231 e. The van der Waals surface area contributed by atoms with Gasteiger partial charge in [0.25, 0.3) is 0 Å². The van der Waals surface area contributed by atoms with Crippen molar-refractivity contribution in [1.82, 2.24) is 15.3 Å². The van der Waals surface area contributed by atoms with E-state index in [2.05, 4.69) is 15.3 Å². The van der Waals surface area contributed by atoms with Gasteiger partial charge in [-0.25, -0.2) is 4.98 Å². The molecule has 0 aliphatic carbocycles. The molecule has 4 N–H and O–H groups in total. The number of aromatic nitrogens is 2. The van der Waals surface area contributed by atoms with Gasteiger partial charge in [-0.15, -0.1) is 0 Å². The molecule has 0 bridgehead atoms. The van der Waals surface area contributed by atoms with Crippen molar-refractivity contribution in [2.24, 2.45) is 5.73 Å². The first-order chi connectivity index (χ1) is 6.25. The highest BCUT2D eigenvalue weighted by Crippen LogP contribution is 2.12. The van der Waals surface area contributed by atoms with Crippen LogP contribution in [0, 0.1) is 5.41 Å². The molecule has 0 aliphatic rings. The summed E-state index contributed by atoms with van der Waals surface area (Å²) in [6.07, 6.45) is 0. The first-order valence-corrected chi connectivity index (χ1v) is 3.76. The van der Waals surface area contributed by atoms with Crippen molar-refractivity contribution in [2.75, 3.05) is 0 Å². The average molecular weight is 174 g/mol. The highest BCUT2D eigenvalue weighted by molar-refractivity contribution is 5.81. The second-order valence-electron chi connectivity index (χ2n) is 2.57. The zero-order valence-electron chi connectivity index (χ0n) is 6.78. The van der Waals surface area contributed by atoms with E-state index in [0.29, 0.717) is 5.95 Å². The topological polar surface area (TPSA) is 92.7 Å². The number of H-pyrrole nitrogens is 1. The molecule has 1 radical (unpaired) electrons. The SMILES string of the molecule is N=C(N)[N]c1nc2ccccc2[nH]1. The van der Waals surface area contributed by atoms with Crippen LogP contribution in [0.2, 0.25) is 0 Å². The van der Waals surface area contributed by atoms with E-state index in [4.69, 9.17) is 11.1 Å². The molecule has 0 atom stereocenters. The summed E-state index contributed by atoms with van der Waals surface area (Å²) in [5.41, 5.74) is 6.82. The predicted molar refractivity (Wildman–Crippen MR) is 49.8 cm³/mol. The zero-order valence-corrected chi connectivity index (χ0v) is 6.78. The van der Waals surface area contributed by atoms with Gasteiger partial charge in [-0.1, -0.05) is 12.1 Å². The lowest BCUT2D eigenvalue weighted by molar-refractivity contribution is 1.08. The largest absolute Gasteiger partial charge is 0.368 e. The van der Waals surface area contributed by atoms with Crippen molar-refractivity contribution in [3.05, 3.63) is 24.3 Å². The standard InChI is InChI=1S/C8H8N5/c9-7(10)13-8-11-5-3-1-2-4-6(5)12-8/h1-4H,(H3,9,10)(H,11,12). The maximum atomic E-state index is 6.96. The Hall–Kier alpha value is -2.04. The number of fused-ring (bicyclic) bond motifs is 1. The molecule has 13 heavy (non-hydrogen) atoms. The number of nitrogens with two attached hydrogens (primary N) is 1. The minimum atomic E-state index is -0.251. The molecule has 2 rings (SSSR count). The molecule has 0 aliphatic heterocycles. The number of hydrogen-bond acceptors (Lipinski definition) is 2. The van der Waals surface area contributed by atoms with Crippen LogP contribution in [-0.4, -0.2) is 15.9 Å². The second-order valence-corrected chi connectivity index (χ2v) is 2.57.